The Balaban J connectivity index is 1.86. The van der Waals surface area contributed by atoms with Gasteiger partial charge >= 0.3 is 0 Å². The highest BCUT2D eigenvalue weighted by Gasteiger charge is 2.07. The summed E-state index contributed by atoms with van der Waals surface area (Å²) >= 11 is 3.46. The minimum absolute atomic E-state index is 0.0172. The Morgan fingerprint density at radius 1 is 1.26 bits per heavy atom. The van der Waals surface area contributed by atoms with E-state index < -0.39 is 0 Å². The first-order valence-corrected chi connectivity index (χ1v) is 6.88. The van der Waals surface area contributed by atoms with Gasteiger partial charge in [0.25, 0.3) is 0 Å². The van der Waals surface area contributed by atoms with Crippen molar-refractivity contribution in [1.29, 1.82) is 0 Å². The summed E-state index contributed by atoms with van der Waals surface area (Å²) in [5.74, 6) is 1.45. The van der Waals surface area contributed by atoms with Crippen LogP contribution in [0.25, 0.3) is 0 Å². The van der Waals surface area contributed by atoms with Gasteiger partial charge < -0.3 is 10.1 Å². The maximum Gasteiger partial charge on any atom is 0.222 e. The molecule has 100 valence electrons. The first-order chi connectivity index (χ1) is 9.15. The van der Waals surface area contributed by atoms with Gasteiger partial charge in [0.2, 0.25) is 5.95 Å². The quantitative estimate of drug-likeness (QED) is 0.916. The Morgan fingerprint density at radius 2 is 1.95 bits per heavy atom. The summed E-state index contributed by atoms with van der Waals surface area (Å²) in [7, 11) is 0. The predicted molar refractivity (Wildman–Crippen MR) is 79.5 cm³/mol. The Bertz CT molecular complexity index is 530. The maximum atomic E-state index is 5.83. The first-order valence-electron chi connectivity index (χ1n) is 6.09. The van der Waals surface area contributed by atoms with E-state index in [-0.39, 0.29) is 6.10 Å². The zero-order valence-electron chi connectivity index (χ0n) is 10.9. The van der Waals surface area contributed by atoms with Crippen molar-refractivity contribution in [1.82, 2.24) is 9.97 Å². The van der Waals surface area contributed by atoms with Gasteiger partial charge in [-0.25, -0.2) is 9.97 Å². The molecule has 1 aromatic heterocycles. The molecule has 1 aromatic carbocycles. The zero-order valence-corrected chi connectivity index (χ0v) is 12.5. The number of aromatic nitrogens is 2. The summed E-state index contributed by atoms with van der Waals surface area (Å²) in [6.07, 6.45) is 3.59. The van der Waals surface area contributed by atoms with E-state index in [1.807, 2.05) is 38.1 Å². The fourth-order valence-corrected chi connectivity index (χ4v) is 1.90. The molecule has 0 saturated carbocycles. The number of nitrogens with one attached hydrogen (secondary N) is 1. The highest BCUT2D eigenvalue weighted by atomic mass is 79.9. The molecular formula is C14H16BrN3O. The second-order valence-electron chi connectivity index (χ2n) is 4.32. The molecule has 4 nitrogen and oxygen atoms in total. The molecule has 1 N–H and O–H groups in total. The van der Waals surface area contributed by atoms with Gasteiger partial charge in [-0.2, -0.15) is 0 Å². The van der Waals surface area contributed by atoms with Crippen molar-refractivity contribution < 1.29 is 4.74 Å². The van der Waals surface area contributed by atoms with Crippen LogP contribution in [0.5, 0.6) is 5.75 Å². The van der Waals surface area contributed by atoms with Crippen molar-refractivity contribution in [2.45, 2.75) is 20.0 Å². The van der Waals surface area contributed by atoms with E-state index in [0.29, 0.717) is 12.5 Å². The SMILES string of the molecule is Cc1cnc(NCC(C)Oc2ccccc2Br)nc1. The van der Waals surface area contributed by atoms with Crippen LogP contribution in [0, 0.1) is 6.92 Å². The average molecular weight is 322 g/mol. The second kappa shape index (κ2) is 6.52. The number of para-hydroxylation sites is 1. The molecule has 2 rings (SSSR count). The molecular weight excluding hydrogens is 306 g/mol. The highest BCUT2D eigenvalue weighted by molar-refractivity contribution is 9.10. The number of nitrogens with zero attached hydrogens (tertiary/aromatic N) is 2. The minimum Gasteiger partial charge on any atom is -0.488 e. The summed E-state index contributed by atoms with van der Waals surface area (Å²) in [5.41, 5.74) is 1.04. The van der Waals surface area contributed by atoms with Crippen LogP contribution in [-0.4, -0.2) is 22.6 Å². The molecule has 19 heavy (non-hydrogen) atoms. The Labute approximate surface area is 121 Å². The molecule has 0 aliphatic rings. The van der Waals surface area contributed by atoms with E-state index in [0.717, 1.165) is 15.8 Å². The zero-order chi connectivity index (χ0) is 13.7. The van der Waals surface area contributed by atoms with Crippen LogP contribution in [0.1, 0.15) is 12.5 Å². The molecule has 0 radical (unpaired) electrons. The molecule has 1 unspecified atom stereocenters. The number of ether oxygens (including phenoxy) is 1. The lowest BCUT2D eigenvalue weighted by Gasteiger charge is -2.16. The van der Waals surface area contributed by atoms with Crippen LogP contribution in [-0.2, 0) is 0 Å². The summed E-state index contributed by atoms with van der Waals surface area (Å²) in [6.45, 7) is 4.60. The maximum absolute atomic E-state index is 5.83. The van der Waals surface area contributed by atoms with Gasteiger partial charge in [-0.3, -0.25) is 0 Å². The average Bonchev–Trinajstić information content (AvgIpc) is 2.41. The molecule has 0 amide bonds. The monoisotopic (exact) mass is 321 g/mol. The molecule has 0 aliphatic heterocycles. The van der Waals surface area contributed by atoms with Gasteiger partial charge in [0, 0.05) is 12.4 Å². The Morgan fingerprint density at radius 3 is 2.63 bits per heavy atom. The smallest absolute Gasteiger partial charge is 0.222 e. The third-order valence-corrected chi connectivity index (χ3v) is 3.15. The molecule has 5 heteroatoms. The molecule has 1 atom stereocenters. The van der Waals surface area contributed by atoms with Crippen molar-refractivity contribution >= 4 is 21.9 Å². The van der Waals surface area contributed by atoms with Crippen molar-refractivity contribution in [2.24, 2.45) is 0 Å². The molecule has 0 fully saturated rings. The van der Waals surface area contributed by atoms with E-state index in [9.17, 15) is 0 Å². The number of halogens is 1. The lowest BCUT2D eigenvalue weighted by molar-refractivity contribution is 0.233. The van der Waals surface area contributed by atoms with Gasteiger partial charge in [0.1, 0.15) is 11.9 Å². The molecule has 0 spiro atoms. The normalized spacial score (nSPS) is 11.9. The number of benzene rings is 1. The van der Waals surface area contributed by atoms with Crippen molar-refractivity contribution in [3.05, 3.63) is 46.7 Å². The van der Waals surface area contributed by atoms with Gasteiger partial charge in [0.15, 0.2) is 0 Å². The lowest BCUT2D eigenvalue weighted by atomic mass is 10.3. The van der Waals surface area contributed by atoms with Crippen molar-refractivity contribution in [2.75, 3.05) is 11.9 Å². The Kier molecular flexibility index (Phi) is 4.74. The number of hydrogen-bond donors (Lipinski definition) is 1. The fourth-order valence-electron chi connectivity index (χ4n) is 1.52. The molecule has 2 aromatic rings. The van der Waals surface area contributed by atoms with Crippen LogP contribution in [0.15, 0.2) is 41.1 Å². The second-order valence-corrected chi connectivity index (χ2v) is 5.18. The van der Waals surface area contributed by atoms with E-state index in [1.165, 1.54) is 0 Å². The molecule has 1 heterocycles. The first kappa shape index (κ1) is 13.8. The van der Waals surface area contributed by atoms with Crippen LogP contribution >= 0.6 is 15.9 Å². The molecule has 0 saturated heterocycles. The topological polar surface area (TPSA) is 47.0 Å². The summed E-state index contributed by atoms with van der Waals surface area (Å²) in [5, 5.41) is 3.15. The van der Waals surface area contributed by atoms with Crippen LogP contribution in [0.4, 0.5) is 5.95 Å². The van der Waals surface area contributed by atoms with E-state index in [4.69, 9.17) is 4.74 Å². The van der Waals surface area contributed by atoms with E-state index >= 15 is 0 Å². The Hall–Kier alpha value is -1.62. The number of hydrogen-bond acceptors (Lipinski definition) is 4. The summed E-state index contributed by atoms with van der Waals surface area (Å²) in [6, 6.07) is 7.80. The third-order valence-electron chi connectivity index (χ3n) is 2.49. The fraction of sp³-hybridized carbons (Fsp3) is 0.286. The largest absolute Gasteiger partial charge is 0.488 e. The number of aryl methyl sites for hydroxylation is 1. The third kappa shape index (κ3) is 4.21. The van der Waals surface area contributed by atoms with Gasteiger partial charge in [-0.15, -0.1) is 0 Å². The minimum atomic E-state index is 0.0172. The standard InChI is InChI=1S/C14H16BrN3O/c1-10-7-16-14(17-8-10)18-9-11(2)19-13-6-4-3-5-12(13)15/h3-8,11H,9H2,1-2H3,(H,16,17,18). The lowest BCUT2D eigenvalue weighted by Crippen LogP contribution is -2.23. The summed E-state index contributed by atoms with van der Waals surface area (Å²) < 4.78 is 6.78. The molecule has 0 aliphatic carbocycles. The van der Waals surface area contributed by atoms with Gasteiger partial charge in [0.05, 0.1) is 11.0 Å². The molecule has 0 bridgehead atoms. The van der Waals surface area contributed by atoms with Crippen LogP contribution in [0.2, 0.25) is 0 Å². The number of anilines is 1. The van der Waals surface area contributed by atoms with E-state index in [1.54, 1.807) is 12.4 Å². The van der Waals surface area contributed by atoms with Crippen molar-refractivity contribution in [3.63, 3.8) is 0 Å². The predicted octanol–water partition coefficient (Wildman–Crippen LogP) is 3.43. The number of rotatable bonds is 5. The van der Waals surface area contributed by atoms with Gasteiger partial charge in [-0.1, -0.05) is 12.1 Å². The van der Waals surface area contributed by atoms with Gasteiger partial charge in [-0.05, 0) is 47.5 Å². The highest BCUT2D eigenvalue weighted by Crippen LogP contribution is 2.24. The van der Waals surface area contributed by atoms with E-state index in [2.05, 4.69) is 31.2 Å². The van der Waals surface area contributed by atoms with Crippen LogP contribution in [0.3, 0.4) is 0 Å². The van der Waals surface area contributed by atoms with Crippen molar-refractivity contribution in [3.8, 4) is 5.75 Å². The summed E-state index contributed by atoms with van der Waals surface area (Å²) in [4.78, 5) is 8.38. The van der Waals surface area contributed by atoms with Crippen LogP contribution < -0.4 is 10.1 Å².